The zero-order valence-corrected chi connectivity index (χ0v) is 10.4. The molecule has 1 saturated heterocycles. The lowest BCUT2D eigenvalue weighted by atomic mass is 10.0. The number of halogens is 2. The van der Waals surface area contributed by atoms with E-state index >= 15 is 0 Å². The maximum atomic E-state index is 12.4. The third kappa shape index (κ3) is 3.35. The van der Waals surface area contributed by atoms with Gasteiger partial charge in [0.15, 0.2) is 0 Å². The molecule has 0 bridgehead atoms. The highest BCUT2D eigenvalue weighted by molar-refractivity contribution is 5.29. The summed E-state index contributed by atoms with van der Waals surface area (Å²) in [5, 5.41) is 2.97. The van der Waals surface area contributed by atoms with Crippen molar-refractivity contribution in [3.05, 3.63) is 18.5 Å². The van der Waals surface area contributed by atoms with Crippen LogP contribution in [0.5, 0.6) is 0 Å². The third-order valence-electron chi connectivity index (χ3n) is 3.21. The summed E-state index contributed by atoms with van der Waals surface area (Å²) in [6, 6.07) is 1.20. The summed E-state index contributed by atoms with van der Waals surface area (Å²) in [4.78, 5) is 10.5. The lowest BCUT2D eigenvalue weighted by Gasteiger charge is -2.33. The highest BCUT2D eigenvalue weighted by atomic mass is 19.3. The van der Waals surface area contributed by atoms with E-state index in [-0.39, 0.29) is 6.04 Å². The second-order valence-electron chi connectivity index (χ2n) is 4.60. The third-order valence-corrected chi connectivity index (χ3v) is 3.21. The number of aromatic nitrogens is 2. The summed E-state index contributed by atoms with van der Waals surface area (Å²) in [5.74, 6) is 0.720. The van der Waals surface area contributed by atoms with Gasteiger partial charge in [0, 0.05) is 31.5 Å². The average molecular weight is 256 g/mol. The minimum atomic E-state index is -2.31. The van der Waals surface area contributed by atoms with Gasteiger partial charge in [0.25, 0.3) is 6.43 Å². The van der Waals surface area contributed by atoms with E-state index in [0.29, 0.717) is 0 Å². The highest BCUT2D eigenvalue weighted by Crippen LogP contribution is 2.16. The molecule has 2 heterocycles. The Kier molecular flexibility index (Phi) is 4.41. The van der Waals surface area contributed by atoms with Gasteiger partial charge in [-0.3, -0.25) is 0 Å². The SMILES string of the molecule is CC(NC1CCN(c2ncccn2)CC1)C(F)F. The Labute approximate surface area is 105 Å². The summed E-state index contributed by atoms with van der Waals surface area (Å²) in [7, 11) is 0. The number of nitrogens with zero attached hydrogens (tertiary/aromatic N) is 3. The second kappa shape index (κ2) is 6.04. The number of rotatable bonds is 4. The maximum absolute atomic E-state index is 12.4. The van der Waals surface area contributed by atoms with Gasteiger partial charge < -0.3 is 10.2 Å². The van der Waals surface area contributed by atoms with Crippen molar-refractivity contribution >= 4 is 5.95 Å². The van der Waals surface area contributed by atoms with Gasteiger partial charge in [0.1, 0.15) is 0 Å². The predicted octanol–water partition coefficient (Wildman–Crippen LogP) is 1.69. The van der Waals surface area contributed by atoms with E-state index in [2.05, 4.69) is 20.2 Å². The molecule has 0 spiro atoms. The number of nitrogens with one attached hydrogen (secondary N) is 1. The van der Waals surface area contributed by atoms with E-state index in [0.717, 1.165) is 31.9 Å². The minimum absolute atomic E-state index is 0.161. The fraction of sp³-hybridized carbons (Fsp3) is 0.667. The molecule has 1 aromatic heterocycles. The zero-order chi connectivity index (χ0) is 13.0. The topological polar surface area (TPSA) is 41.0 Å². The molecule has 100 valence electrons. The molecule has 1 aliphatic heterocycles. The first kappa shape index (κ1) is 13.1. The van der Waals surface area contributed by atoms with E-state index in [1.165, 1.54) is 6.92 Å². The molecule has 1 N–H and O–H groups in total. The van der Waals surface area contributed by atoms with Crippen LogP contribution < -0.4 is 10.2 Å². The van der Waals surface area contributed by atoms with Crippen molar-refractivity contribution in [2.24, 2.45) is 0 Å². The Bertz CT molecular complexity index is 352. The van der Waals surface area contributed by atoms with Crippen molar-refractivity contribution in [2.75, 3.05) is 18.0 Å². The Morgan fingerprint density at radius 1 is 1.28 bits per heavy atom. The molecule has 0 aromatic carbocycles. The molecule has 1 fully saturated rings. The first-order valence-corrected chi connectivity index (χ1v) is 6.23. The van der Waals surface area contributed by atoms with Crippen LogP contribution in [0, 0.1) is 0 Å². The van der Waals surface area contributed by atoms with Crippen molar-refractivity contribution in [1.29, 1.82) is 0 Å². The molecule has 2 rings (SSSR count). The monoisotopic (exact) mass is 256 g/mol. The smallest absolute Gasteiger partial charge is 0.253 e. The van der Waals surface area contributed by atoms with E-state index in [9.17, 15) is 8.78 Å². The summed E-state index contributed by atoms with van der Waals surface area (Å²) in [5.41, 5.74) is 0. The molecule has 6 heteroatoms. The number of alkyl halides is 2. The predicted molar refractivity (Wildman–Crippen MR) is 65.9 cm³/mol. The van der Waals surface area contributed by atoms with E-state index in [1.54, 1.807) is 18.5 Å². The largest absolute Gasteiger partial charge is 0.341 e. The van der Waals surface area contributed by atoms with Crippen LogP contribution in [-0.4, -0.2) is 41.6 Å². The van der Waals surface area contributed by atoms with Crippen LogP contribution in [0.3, 0.4) is 0 Å². The Morgan fingerprint density at radius 2 is 1.89 bits per heavy atom. The average Bonchev–Trinajstić information content (AvgIpc) is 2.40. The van der Waals surface area contributed by atoms with Crippen LogP contribution in [0.4, 0.5) is 14.7 Å². The summed E-state index contributed by atoms with van der Waals surface area (Å²) >= 11 is 0. The summed E-state index contributed by atoms with van der Waals surface area (Å²) in [6.07, 6.45) is 2.81. The molecule has 0 radical (unpaired) electrons. The van der Waals surface area contributed by atoms with E-state index in [1.807, 2.05) is 0 Å². The lowest BCUT2D eigenvalue weighted by Crippen LogP contribution is -2.47. The first-order valence-electron chi connectivity index (χ1n) is 6.23. The van der Waals surface area contributed by atoms with Gasteiger partial charge in [-0.25, -0.2) is 18.7 Å². The van der Waals surface area contributed by atoms with Gasteiger partial charge in [-0.05, 0) is 25.8 Å². The molecule has 4 nitrogen and oxygen atoms in total. The molecule has 0 amide bonds. The fourth-order valence-corrected chi connectivity index (χ4v) is 2.15. The Hall–Kier alpha value is -1.30. The van der Waals surface area contributed by atoms with Crippen molar-refractivity contribution in [1.82, 2.24) is 15.3 Å². The van der Waals surface area contributed by atoms with Crippen LogP contribution >= 0.6 is 0 Å². The van der Waals surface area contributed by atoms with Crippen LogP contribution in [0.15, 0.2) is 18.5 Å². The zero-order valence-electron chi connectivity index (χ0n) is 10.4. The standard InChI is InChI=1S/C12H18F2N4/c1-9(11(13)14)17-10-3-7-18(8-4-10)12-15-5-2-6-16-12/h2,5-6,9-11,17H,3-4,7-8H2,1H3. The van der Waals surface area contributed by atoms with E-state index in [4.69, 9.17) is 0 Å². The molecule has 1 aliphatic rings. The van der Waals surface area contributed by atoms with Gasteiger partial charge in [-0.15, -0.1) is 0 Å². The second-order valence-corrected chi connectivity index (χ2v) is 4.60. The van der Waals surface area contributed by atoms with Crippen molar-refractivity contribution < 1.29 is 8.78 Å². The molecule has 1 atom stereocenters. The summed E-state index contributed by atoms with van der Waals surface area (Å²) in [6.45, 7) is 3.13. The van der Waals surface area contributed by atoms with Gasteiger partial charge in [-0.2, -0.15) is 0 Å². The molecule has 0 saturated carbocycles. The van der Waals surface area contributed by atoms with Gasteiger partial charge >= 0.3 is 0 Å². The molecule has 1 unspecified atom stereocenters. The fourth-order valence-electron chi connectivity index (χ4n) is 2.15. The van der Waals surface area contributed by atoms with Crippen molar-refractivity contribution in [2.45, 2.75) is 38.3 Å². The van der Waals surface area contributed by atoms with Gasteiger partial charge in [0.05, 0.1) is 6.04 Å². The quantitative estimate of drug-likeness (QED) is 0.890. The number of piperidine rings is 1. The van der Waals surface area contributed by atoms with Gasteiger partial charge in [0.2, 0.25) is 5.95 Å². The van der Waals surface area contributed by atoms with Crippen LogP contribution in [0.1, 0.15) is 19.8 Å². The molecule has 1 aromatic rings. The van der Waals surface area contributed by atoms with Crippen LogP contribution in [0.2, 0.25) is 0 Å². The molecule has 0 aliphatic carbocycles. The number of hydrogen-bond acceptors (Lipinski definition) is 4. The van der Waals surface area contributed by atoms with Crippen molar-refractivity contribution in [3.8, 4) is 0 Å². The highest BCUT2D eigenvalue weighted by Gasteiger charge is 2.24. The minimum Gasteiger partial charge on any atom is -0.341 e. The maximum Gasteiger partial charge on any atom is 0.253 e. The Morgan fingerprint density at radius 3 is 2.44 bits per heavy atom. The van der Waals surface area contributed by atoms with E-state index < -0.39 is 12.5 Å². The summed E-state index contributed by atoms with van der Waals surface area (Å²) < 4.78 is 24.9. The van der Waals surface area contributed by atoms with Crippen LogP contribution in [-0.2, 0) is 0 Å². The molecular formula is C12H18F2N4. The van der Waals surface area contributed by atoms with Crippen LogP contribution in [0.25, 0.3) is 0 Å². The van der Waals surface area contributed by atoms with Gasteiger partial charge in [-0.1, -0.05) is 0 Å². The normalized spacial score (nSPS) is 19.2. The number of hydrogen-bond donors (Lipinski definition) is 1. The first-order chi connectivity index (χ1) is 8.66. The molecular weight excluding hydrogens is 238 g/mol. The Balaban J connectivity index is 1.81. The lowest BCUT2D eigenvalue weighted by molar-refractivity contribution is 0.0976. The number of anilines is 1. The van der Waals surface area contributed by atoms with Crippen molar-refractivity contribution in [3.63, 3.8) is 0 Å². The molecule has 18 heavy (non-hydrogen) atoms.